The summed E-state index contributed by atoms with van der Waals surface area (Å²) in [5, 5.41) is 6.54. The number of hydrogen-bond donors (Lipinski definition) is 3. The van der Waals surface area contributed by atoms with Gasteiger partial charge in [0.05, 0.1) is 2.74 Å². The molecule has 30 heavy (non-hydrogen) atoms. The van der Waals surface area contributed by atoms with Gasteiger partial charge in [-0.05, 0) is 55.3 Å². The molecule has 0 aliphatic carbocycles. The zero-order valence-corrected chi connectivity index (χ0v) is 16.6. The summed E-state index contributed by atoms with van der Waals surface area (Å²) in [4.78, 5) is 21.6. The van der Waals surface area contributed by atoms with E-state index < -0.39 is 6.50 Å². The Hall–Kier alpha value is -3.80. The van der Waals surface area contributed by atoms with E-state index in [1.165, 1.54) is 0 Å². The number of nitrogens with one attached hydrogen (secondary N) is 3. The number of amides is 2. The van der Waals surface area contributed by atoms with Gasteiger partial charge in [-0.25, -0.2) is 9.78 Å². The van der Waals surface area contributed by atoms with Crippen molar-refractivity contribution < 1.29 is 7.54 Å². The van der Waals surface area contributed by atoms with Crippen LogP contribution in [0, 0.1) is 6.92 Å². The van der Waals surface area contributed by atoms with Crippen LogP contribution in [0.4, 0.5) is 21.9 Å². The van der Waals surface area contributed by atoms with E-state index >= 15 is 0 Å². The lowest BCUT2D eigenvalue weighted by Crippen LogP contribution is -2.20. The second-order valence-electron chi connectivity index (χ2n) is 7.36. The first kappa shape index (κ1) is 16.0. The average Bonchev–Trinajstić information content (AvgIpc) is 3.43. The van der Waals surface area contributed by atoms with Gasteiger partial charge in [0, 0.05) is 53.4 Å². The molecule has 6 heteroatoms. The Morgan fingerprint density at radius 3 is 2.90 bits per heavy atom. The number of anilines is 3. The van der Waals surface area contributed by atoms with Crippen LogP contribution in [-0.2, 0) is 12.9 Å². The summed E-state index contributed by atoms with van der Waals surface area (Å²) >= 11 is 0. The van der Waals surface area contributed by atoms with Gasteiger partial charge in [-0.2, -0.15) is 0 Å². The zero-order valence-electron chi connectivity index (χ0n) is 18.6. The molecule has 0 fully saturated rings. The van der Waals surface area contributed by atoms with Crippen molar-refractivity contribution in [3.63, 3.8) is 0 Å². The molecule has 0 saturated heterocycles. The number of pyridine rings is 1. The normalized spacial score (nSPS) is 14.2. The number of fused-ring (bicyclic) bond motifs is 2. The molecule has 3 heterocycles. The predicted octanol–water partition coefficient (Wildman–Crippen LogP) is 5.08. The largest absolute Gasteiger partial charge is 0.367 e. The van der Waals surface area contributed by atoms with Crippen LogP contribution in [0.3, 0.4) is 0 Å². The van der Waals surface area contributed by atoms with E-state index in [1.807, 2.05) is 55.5 Å². The van der Waals surface area contributed by atoms with Gasteiger partial charge in [0.1, 0.15) is 5.65 Å². The first-order valence-corrected chi connectivity index (χ1v) is 9.90. The summed E-state index contributed by atoms with van der Waals surface area (Å²) in [5.41, 5.74) is 5.45. The minimum atomic E-state index is -1.74. The minimum Gasteiger partial charge on any atom is -0.367 e. The molecule has 0 radical (unpaired) electrons. The van der Waals surface area contributed by atoms with E-state index in [4.69, 9.17) is 2.74 Å². The lowest BCUT2D eigenvalue weighted by atomic mass is 10.1. The molecule has 0 bridgehead atoms. The number of nitrogens with zero attached hydrogens (tertiary/aromatic N) is 2. The predicted molar refractivity (Wildman–Crippen MR) is 121 cm³/mol. The molecule has 0 saturated carbocycles. The smallest absolute Gasteiger partial charge is 0.323 e. The summed E-state index contributed by atoms with van der Waals surface area (Å²) in [7, 11) is 0. The van der Waals surface area contributed by atoms with Crippen LogP contribution in [0.1, 0.15) is 19.4 Å². The number of carbonyl (C=O) groups is 1. The van der Waals surface area contributed by atoms with E-state index in [0.717, 1.165) is 22.2 Å². The third-order valence-corrected chi connectivity index (χ3v) is 5.30. The van der Waals surface area contributed by atoms with Crippen molar-refractivity contribution in [2.75, 3.05) is 22.1 Å². The highest BCUT2D eigenvalue weighted by atomic mass is 16.2. The lowest BCUT2D eigenvalue weighted by Gasteiger charge is -2.20. The Bertz CT molecular complexity index is 1300. The molecular weight excluding hydrogens is 374 g/mol. The molecule has 5 rings (SSSR count). The van der Waals surface area contributed by atoms with Crippen LogP contribution in [0.5, 0.6) is 0 Å². The van der Waals surface area contributed by atoms with Crippen LogP contribution < -0.4 is 15.5 Å². The maximum atomic E-state index is 12.6. The van der Waals surface area contributed by atoms with Gasteiger partial charge in [0.15, 0.2) is 0 Å². The number of carbonyl (C=O) groups excluding carboxylic acids is 1. The Kier molecular flexibility index (Phi) is 4.04. The quantitative estimate of drug-likeness (QED) is 0.448. The van der Waals surface area contributed by atoms with Crippen molar-refractivity contribution in [1.29, 1.82) is 0 Å². The Balaban J connectivity index is 1.41. The molecule has 2 aromatic carbocycles. The van der Waals surface area contributed by atoms with Crippen molar-refractivity contribution in [2.24, 2.45) is 0 Å². The number of urea groups is 1. The van der Waals surface area contributed by atoms with Crippen LogP contribution in [0.2, 0.25) is 0 Å². The van der Waals surface area contributed by atoms with Crippen molar-refractivity contribution in [3.05, 3.63) is 83.7 Å². The standard InChI is InChI=1S/C24H23N5O/c1-16-5-7-18(8-6-16)27-24(30)28-21-3-2-4-22-20(21)11-14-29(22)15-17-9-12-25-23-19(17)10-13-26-23/h2-10,12-13H,11,14-15H2,1H3,(H,25,26)(H2,27,28,30)/i15D2. The van der Waals surface area contributed by atoms with Gasteiger partial charge in [0.25, 0.3) is 0 Å². The average molecular weight is 399 g/mol. The maximum Gasteiger partial charge on any atom is 0.323 e. The third kappa shape index (κ3) is 3.48. The Morgan fingerprint density at radius 2 is 2.03 bits per heavy atom. The molecule has 6 nitrogen and oxygen atoms in total. The first-order chi connectivity index (χ1) is 15.4. The van der Waals surface area contributed by atoms with E-state index in [9.17, 15) is 4.79 Å². The van der Waals surface area contributed by atoms with E-state index in [-0.39, 0.29) is 6.03 Å². The zero-order chi connectivity index (χ0) is 22.3. The van der Waals surface area contributed by atoms with Crippen molar-refractivity contribution >= 4 is 34.1 Å². The molecule has 1 aliphatic heterocycles. The number of H-pyrrole nitrogens is 1. The highest BCUT2D eigenvalue weighted by Crippen LogP contribution is 2.35. The molecular formula is C24H23N5O. The second-order valence-corrected chi connectivity index (χ2v) is 7.36. The van der Waals surface area contributed by atoms with Gasteiger partial charge in [-0.3, -0.25) is 0 Å². The van der Waals surface area contributed by atoms with Crippen molar-refractivity contribution in [3.8, 4) is 0 Å². The summed E-state index contributed by atoms with van der Waals surface area (Å²) in [6, 6.07) is 16.4. The second kappa shape index (κ2) is 7.55. The number of aryl methyl sites for hydroxylation is 1. The van der Waals surface area contributed by atoms with E-state index in [1.54, 1.807) is 23.4 Å². The molecule has 2 amide bonds. The first-order valence-electron chi connectivity index (χ1n) is 10.9. The number of aromatic amines is 1. The van der Waals surface area contributed by atoms with Crippen LogP contribution in [-0.4, -0.2) is 22.5 Å². The monoisotopic (exact) mass is 399 g/mol. The SMILES string of the molecule is [2H]C([2H])(c1ccnc2[nH]ccc12)N1CCc2c(NC(=O)Nc3ccc(C)cc3)cccc21. The van der Waals surface area contributed by atoms with Crippen LogP contribution in [0.25, 0.3) is 11.0 Å². The molecule has 1 aliphatic rings. The van der Waals surface area contributed by atoms with Gasteiger partial charge in [0.2, 0.25) is 0 Å². The lowest BCUT2D eigenvalue weighted by molar-refractivity contribution is 0.262. The molecule has 3 N–H and O–H groups in total. The number of aromatic nitrogens is 2. The molecule has 0 spiro atoms. The molecule has 0 unspecified atom stereocenters. The minimum absolute atomic E-state index is 0.327. The fourth-order valence-electron chi connectivity index (χ4n) is 3.79. The third-order valence-electron chi connectivity index (χ3n) is 5.30. The summed E-state index contributed by atoms with van der Waals surface area (Å²) in [5.74, 6) is 0. The summed E-state index contributed by atoms with van der Waals surface area (Å²) in [6.45, 7) is 0.765. The molecule has 2 aromatic heterocycles. The highest BCUT2D eigenvalue weighted by Gasteiger charge is 2.23. The topological polar surface area (TPSA) is 73.0 Å². The van der Waals surface area contributed by atoms with Gasteiger partial charge in [-0.15, -0.1) is 0 Å². The Labute approximate surface area is 177 Å². The summed E-state index contributed by atoms with van der Waals surface area (Å²) < 4.78 is 17.9. The maximum absolute atomic E-state index is 12.6. The van der Waals surface area contributed by atoms with Crippen LogP contribution in [0.15, 0.2) is 67.0 Å². The van der Waals surface area contributed by atoms with Gasteiger partial charge >= 0.3 is 6.03 Å². The van der Waals surface area contributed by atoms with Gasteiger partial charge < -0.3 is 20.5 Å². The number of rotatable bonds is 4. The van der Waals surface area contributed by atoms with Crippen LogP contribution >= 0.6 is 0 Å². The highest BCUT2D eigenvalue weighted by molar-refractivity contribution is 6.01. The molecule has 4 aromatic rings. The fraction of sp³-hybridized carbons (Fsp3) is 0.167. The van der Waals surface area contributed by atoms with Gasteiger partial charge in [-0.1, -0.05) is 23.8 Å². The van der Waals surface area contributed by atoms with Crippen molar-refractivity contribution in [2.45, 2.75) is 19.8 Å². The van der Waals surface area contributed by atoms with Crippen molar-refractivity contribution in [1.82, 2.24) is 9.97 Å². The number of benzene rings is 2. The molecule has 0 atom stereocenters. The number of hydrogen-bond acceptors (Lipinski definition) is 3. The molecule has 150 valence electrons. The summed E-state index contributed by atoms with van der Waals surface area (Å²) in [6.07, 6.45) is 4.03. The fourth-order valence-corrected chi connectivity index (χ4v) is 3.79. The van der Waals surface area contributed by atoms with E-state index in [2.05, 4.69) is 20.6 Å². The van der Waals surface area contributed by atoms with E-state index in [0.29, 0.717) is 35.6 Å². The Morgan fingerprint density at radius 1 is 1.17 bits per heavy atom.